The van der Waals surface area contributed by atoms with Crippen molar-refractivity contribution in [1.82, 2.24) is 14.9 Å². The molecule has 1 aliphatic carbocycles. The summed E-state index contributed by atoms with van der Waals surface area (Å²) in [6.45, 7) is 5.65. The van der Waals surface area contributed by atoms with Crippen molar-refractivity contribution in [3.8, 4) is 11.5 Å². The number of likely N-dealkylation sites (tertiary alicyclic amines) is 1. The summed E-state index contributed by atoms with van der Waals surface area (Å²) in [4.78, 5) is 12.4. The van der Waals surface area contributed by atoms with Gasteiger partial charge in [-0.1, -0.05) is 12.8 Å². The number of fused-ring (bicyclic) bond motifs is 1. The second-order valence-electron chi connectivity index (χ2n) is 8.44. The average Bonchev–Trinajstić information content (AvgIpc) is 2.70. The van der Waals surface area contributed by atoms with Gasteiger partial charge in [-0.05, 0) is 51.6 Å². The van der Waals surface area contributed by atoms with E-state index in [0.29, 0.717) is 23.5 Å². The fourth-order valence-electron chi connectivity index (χ4n) is 4.44. The zero-order valence-electron chi connectivity index (χ0n) is 18.0. The maximum Gasteiger partial charge on any atom is 0.162 e. The lowest BCUT2D eigenvalue weighted by atomic mass is 9.85. The molecule has 2 aromatic rings. The van der Waals surface area contributed by atoms with E-state index in [9.17, 15) is 0 Å². The van der Waals surface area contributed by atoms with E-state index in [4.69, 9.17) is 19.4 Å². The molecule has 1 aromatic heterocycles. The monoisotopic (exact) mass is 398 g/mol. The number of hydrogen-bond acceptors (Lipinski definition) is 6. The van der Waals surface area contributed by atoms with E-state index in [2.05, 4.69) is 17.1 Å². The Hall–Kier alpha value is -2.08. The second-order valence-corrected chi connectivity index (χ2v) is 8.44. The van der Waals surface area contributed by atoms with Crippen LogP contribution in [0.25, 0.3) is 10.9 Å². The Bertz CT molecular complexity index is 837. The molecule has 0 spiro atoms. The van der Waals surface area contributed by atoms with Crippen LogP contribution in [0.4, 0.5) is 5.82 Å². The van der Waals surface area contributed by atoms with Crippen LogP contribution < -0.4 is 14.8 Å². The first-order valence-corrected chi connectivity index (χ1v) is 11.1. The van der Waals surface area contributed by atoms with Crippen LogP contribution in [-0.4, -0.2) is 54.8 Å². The van der Waals surface area contributed by atoms with Crippen molar-refractivity contribution < 1.29 is 9.47 Å². The van der Waals surface area contributed by atoms with E-state index in [1.54, 1.807) is 14.2 Å². The van der Waals surface area contributed by atoms with Crippen LogP contribution in [0.5, 0.6) is 11.5 Å². The predicted molar refractivity (Wildman–Crippen MR) is 117 cm³/mol. The average molecular weight is 399 g/mol. The van der Waals surface area contributed by atoms with Crippen LogP contribution in [0, 0.1) is 0 Å². The topological polar surface area (TPSA) is 59.5 Å². The lowest BCUT2D eigenvalue weighted by Crippen LogP contribution is -2.38. The Morgan fingerprint density at radius 3 is 2.52 bits per heavy atom. The molecule has 158 valence electrons. The Balaban J connectivity index is 1.52. The third kappa shape index (κ3) is 4.42. The number of nitrogens with zero attached hydrogens (tertiary/aromatic N) is 3. The van der Waals surface area contributed by atoms with E-state index < -0.39 is 0 Å². The molecule has 4 rings (SSSR count). The van der Waals surface area contributed by atoms with Gasteiger partial charge in [0.15, 0.2) is 11.5 Å². The van der Waals surface area contributed by atoms with E-state index in [0.717, 1.165) is 42.1 Å². The lowest BCUT2D eigenvalue weighted by molar-refractivity contribution is 0.160. The van der Waals surface area contributed by atoms with Gasteiger partial charge in [-0.3, -0.25) is 0 Å². The zero-order chi connectivity index (χ0) is 20.2. The molecule has 1 unspecified atom stereocenters. The summed E-state index contributed by atoms with van der Waals surface area (Å²) < 4.78 is 11.0. The molecule has 1 aliphatic heterocycles. The first kappa shape index (κ1) is 20.2. The van der Waals surface area contributed by atoms with Gasteiger partial charge in [0, 0.05) is 36.5 Å². The molecule has 2 aliphatic rings. The molecule has 0 amide bonds. The summed E-state index contributed by atoms with van der Waals surface area (Å²) in [6, 6.07) is 4.68. The molecule has 0 bridgehead atoms. The lowest BCUT2D eigenvalue weighted by Gasteiger charge is -2.33. The predicted octanol–water partition coefficient (Wildman–Crippen LogP) is 4.59. The smallest absolute Gasteiger partial charge is 0.162 e. The molecule has 1 saturated heterocycles. The van der Waals surface area contributed by atoms with Crippen molar-refractivity contribution in [2.75, 3.05) is 39.2 Å². The molecular weight excluding hydrogens is 364 g/mol. The van der Waals surface area contributed by atoms with E-state index in [1.165, 1.54) is 45.1 Å². The number of methoxy groups -OCH3 is 2. The van der Waals surface area contributed by atoms with E-state index in [-0.39, 0.29) is 0 Å². The van der Waals surface area contributed by atoms with Crippen LogP contribution >= 0.6 is 0 Å². The van der Waals surface area contributed by atoms with Gasteiger partial charge < -0.3 is 19.7 Å². The molecular formula is C23H34N4O2. The Kier molecular flexibility index (Phi) is 6.38. The molecule has 1 saturated carbocycles. The van der Waals surface area contributed by atoms with Crippen molar-refractivity contribution in [1.29, 1.82) is 0 Å². The number of aromatic nitrogens is 2. The van der Waals surface area contributed by atoms with Crippen LogP contribution in [0.3, 0.4) is 0 Å². The molecule has 6 nitrogen and oxygen atoms in total. The maximum absolute atomic E-state index is 5.51. The Morgan fingerprint density at radius 2 is 1.83 bits per heavy atom. The van der Waals surface area contributed by atoms with Gasteiger partial charge >= 0.3 is 0 Å². The van der Waals surface area contributed by atoms with Gasteiger partial charge in [0.1, 0.15) is 11.6 Å². The highest BCUT2D eigenvalue weighted by Gasteiger charge is 2.24. The molecule has 2 fully saturated rings. The third-order valence-corrected chi connectivity index (χ3v) is 6.54. The molecule has 0 radical (unpaired) electrons. The summed E-state index contributed by atoms with van der Waals surface area (Å²) >= 11 is 0. The van der Waals surface area contributed by atoms with Gasteiger partial charge in [-0.25, -0.2) is 9.97 Å². The molecule has 1 aromatic carbocycles. The highest BCUT2D eigenvalue weighted by molar-refractivity contribution is 5.91. The van der Waals surface area contributed by atoms with Gasteiger partial charge in [0.05, 0.1) is 19.7 Å². The van der Waals surface area contributed by atoms with Crippen LogP contribution in [-0.2, 0) is 0 Å². The van der Waals surface area contributed by atoms with Gasteiger partial charge in [-0.2, -0.15) is 0 Å². The summed E-state index contributed by atoms with van der Waals surface area (Å²) in [5, 5.41) is 4.60. The Morgan fingerprint density at radius 1 is 1.03 bits per heavy atom. The van der Waals surface area contributed by atoms with Crippen molar-refractivity contribution >= 4 is 16.7 Å². The largest absolute Gasteiger partial charge is 0.493 e. The number of ether oxygens (including phenoxy) is 2. The van der Waals surface area contributed by atoms with Gasteiger partial charge in [0.25, 0.3) is 0 Å². The summed E-state index contributed by atoms with van der Waals surface area (Å²) in [5.74, 6) is 3.79. The first-order chi connectivity index (χ1) is 14.2. The minimum absolute atomic E-state index is 0.488. The number of anilines is 1. The standard InChI is InChI=1S/C23H34N4O2/c1-16-8-4-5-12-27(16)13-7-11-24-23-18-14-20(28-2)21(29-3)15-19(18)25-22(26-23)17-9-6-10-17/h14-17H,4-13H2,1-3H3,(H,24,25,26). The third-order valence-electron chi connectivity index (χ3n) is 6.54. The summed E-state index contributed by atoms with van der Waals surface area (Å²) in [7, 11) is 3.33. The minimum Gasteiger partial charge on any atom is -0.493 e. The molecule has 1 N–H and O–H groups in total. The molecule has 29 heavy (non-hydrogen) atoms. The summed E-state index contributed by atoms with van der Waals surface area (Å²) in [6.07, 6.45) is 8.79. The van der Waals surface area contributed by atoms with Crippen molar-refractivity contribution in [3.05, 3.63) is 18.0 Å². The van der Waals surface area contributed by atoms with Crippen LogP contribution in [0.15, 0.2) is 12.1 Å². The zero-order valence-corrected chi connectivity index (χ0v) is 18.0. The van der Waals surface area contributed by atoms with Crippen LogP contribution in [0.1, 0.15) is 63.6 Å². The number of benzene rings is 1. The quantitative estimate of drug-likeness (QED) is 0.656. The normalized spacial score (nSPS) is 20.4. The van der Waals surface area contributed by atoms with E-state index >= 15 is 0 Å². The Labute approximate surface area is 174 Å². The van der Waals surface area contributed by atoms with Gasteiger partial charge in [0.2, 0.25) is 0 Å². The molecule has 2 heterocycles. The molecule has 1 atom stereocenters. The fraction of sp³-hybridized carbons (Fsp3) is 0.652. The first-order valence-electron chi connectivity index (χ1n) is 11.1. The number of nitrogens with one attached hydrogen (secondary N) is 1. The highest BCUT2D eigenvalue weighted by atomic mass is 16.5. The number of hydrogen-bond donors (Lipinski definition) is 1. The SMILES string of the molecule is COc1cc2nc(C3CCC3)nc(NCCCN3CCCCC3C)c2cc1OC. The van der Waals surface area contributed by atoms with Crippen molar-refractivity contribution in [2.24, 2.45) is 0 Å². The van der Waals surface area contributed by atoms with E-state index in [1.807, 2.05) is 12.1 Å². The minimum atomic E-state index is 0.488. The van der Waals surface area contributed by atoms with Crippen LogP contribution in [0.2, 0.25) is 0 Å². The fourth-order valence-corrected chi connectivity index (χ4v) is 4.44. The number of rotatable bonds is 8. The molecule has 6 heteroatoms. The maximum atomic E-state index is 5.51. The second kappa shape index (κ2) is 9.16. The van der Waals surface area contributed by atoms with Gasteiger partial charge in [-0.15, -0.1) is 0 Å². The van der Waals surface area contributed by atoms with Crippen molar-refractivity contribution in [3.63, 3.8) is 0 Å². The summed E-state index contributed by atoms with van der Waals surface area (Å²) in [5.41, 5.74) is 0.923. The number of piperidine rings is 1. The highest BCUT2D eigenvalue weighted by Crippen LogP contribution is 2.38. The van der Waals surface area contributed by atoms with Crippen molar-refractivity contribution in [2.45, 2.75) is 63.8 Å².